The van der Waals surface area contributed by atoms with Crippen LogP contribution >= 0.6 is 0 Å². The minimum Gasteiger partial charge on any atom is -0.267 e. The molecule has 3 nitrogen and oxygen atoms in total. The molecule has 1 aromatic rings. The van der Waals surface area contributed by atoms with Crippen LogP contribution in [0.25, 0.3) is 0 Å². The summed E-state index contributed by atoms with van der Waals surface area (Å²) in [7, 11) is 0. The molecule has 0 bridgehead atoms. The highest BCUT2D eigenvalue weighted by Gasteiger charge is 2.04. The molecule has 0 saturated carbocycles. The molecule has 0 heterocycles. The van der Waals surface area contributed by atoms with Gasteiger partial charge in [0.1, 0.15) is 0 Å². The molecule has 16 heavy (non-hydrogen) atoms. The van der Waals surface area contributed by atoms with Crippen LogP contribution in [0.15, 0.2) is 29.4 Å². The lowest BCUT2D eigenvalue weighted by molar-refractivity contribution is 0.0954. The summed E-state index contributed by atoms with van der Waals surface area (Å²) in [6.07, 6.45) is 0. The predicted octanol–water partition coefficient (Wildman–Crippen LogP) is 2.76. The van der Waals surface area contributed by atoms with Gasteiger partial charge in [-0.3, -0.25) is 4.79 Å². The van der Waals surface area contributed by atoms with Crippen LogP contribution in [0.3, 0.4) is 0 Å². The van der Waals surface area contributed by atoms with E-state index in [0.29, 0.717) is 11.5 Å². The highest BCUT2D eigenvalue weighted by Crippen LogP contribution is 2.03. The number of carbonyl (C=O) groups is 1. The summed E-state index contributed by atoms with van der Waals surface area (Å²) in [5, 5.41) is 4.05. The van der Waals surface area contributed by atoms with E-state index in [1.165, 1.54) is 0 Å². The zero-order chi connectivity index (χ0) is 12.1. The van der Waals surface area contributed by atoms with Crippen molar-refractivity contribution in [3.63, 3.8) is 0 Å². The van der Waals surface area contributed by atoms with Crippen LogP contribution in [0, 0.1) is 12.8 Å². The van der Waals surface area contributed by atoms with Crippen molar-refractivity contribution >= 4 is 11.6 Å². The fraction of sp³-hybridized carbons (Fsp3) is 0.385. The molecular weight excluding hydrogens is 200 g/mol. The average Bonchev–Trinajstić information content (AvgIpc) is 2.25. The van der Waals surface area contributed by atoms with Gasteiger partial charge in [0, 0.05) is 11.3 Å². The summed E-state index contributed by atoms with van der Waals surface area (Å²) < 4.78 is 0. The summed E-state index contributed by atoms with van der Waals surface area (Å²) >= 11 is 0. The molecule has 0 aromatic heterocycles. The average molecular weight is 218 g/mol. The van der Waals surface area contributed by atoms with Gasteiger partial charge < -0.3 is 0 Å². The largest absolute Gasteiger partial charge is 0.271 e. The molecule has 86 valence electrons. The first kappa shape index (κ1) is 12.4. The fourth-order valence-corrected chi connectivity index (χ4v) is 1.12. The highest BCUT2D eigenvalue weighted by atomic mass is 16.2. The third-order valence-corrected chi connectivity index (χ3v) is 2.45. The minimum absolute atomic E-state index is 0.163. The second kappa shape index (κ2) is 5.45. The second-order valence-corrected chi connectivity index (χ2v) is 4.22. The summed E-state index contributed by atoms with van der Waals surface area (Å²) in [5.41, 5.74) is 5.18. The maximum absolute atomic E-state index is 11.7. The van der Waals surface area contributed by atoms with Gasteiger partial charge >= 0.3 is 0 Å². The van der Waals surface area contributed by atoms with E-state index in [4.69, 9.17) is 0 Å². The number of benzene rings is 1. The van der Waals surface area contributed by atoms with Crippen LogP contribution in [-0.4, -0.2) is 11.6 Å². The van der Waals surface area contributed by atoms with Crippen molar-refractivity contribution in [1.82, 2.24) is 5.43 Å². The Morgan fingerprint density at radius 2 is 2.06 bits per heavy atom. The Hall–Kier alpha value is -1.64. The summed E-state index contributed by atoms with van der Waals surface area (Å²) in [5.74, 6) is 0.182. The predicted molar refractivity (Wildman–Crippen MR) is 66.6 cm³/mol. The maximum Gasteiger partial charge on any atom is 0.271 e. The van der Waals surface area contributed by atoms with Gasteiger partial charge in [-0.05, 0) is 31.9 Å². The molecule has 0 fully saturated rings. The number of nitrogens with zero attached hydrogens (tertiary/aromatic N) is 1. The van der Waals surface area contributed by atoms with Crippen LogP contribution < -0.4 is 5.43 Å². The van der Waals surface area contributed by atoms with Crippen molar-refractivity contribution < 1.29 is 4.79 Å². The molecule has 0 aliphatic carbocycles. The molecule has 1 N–H and O–H groups in total. The normalized spacial score (nSPS) is 11.7. The van der Waals surface area contributed by atoms with Gasteiger partial charge in [-0.15, -0.1) is 0 Å². The smallest absolute Gasteiger partial charge is 0.267 e. The highest BCUT2D eigenvalue weighted by molar-refractivity contribution is 5.95. The minimum atomic E-state index is -0.163. The molecule has 1 rings (SSSR count). The number of rotatable bonds is 3. The van der Waals surface area contributed by atoms with Crippen molar-refractivity contribution in [1.29, 1.82) is 0 Å². The van der Waals surface area contributed by atoms with Crippen molar-refractivity contribution in [2.45, 2.75) is 27.7 Å². The van der Waals surface area contributed by atoms with E-state index in [9.17, 15) is 4.79 Å². The van der Waals surface area contributed by atoms with Gasteiger partial charge in [-0.1, -0.05) is 31.5 Å². The third kappa shape index (κ3) is 3.50. The number of hydrogen-bond donors (Lipinski definition) is 1. The molecule has 0 saturated heterocycles. The second-order valence-electron chi connectivity index (χ2n) is 4.22. The quantitative estimate of drug-likeness (QED) is 0.615. The number of amides is 1. The fourth-order valence-electron chi connectivity index (χ4n) is 1.12. The number of hydrazone groups is 1. The van der Waals surface area contributed by atoms with E-state index in [1.54, 1.807) is 6.07 Å². The Morgan fingerprint density at radius 3 is 2.62 bits per heavy atom. The molecule has 0 spiro atoms. The summed E-state index contributed by atoms with van der Waals surface area (Å²) in [4.78, 5) is 11.7. The van der Waals surface area contributed by atoms with Crippen molar-refractivity contribution in [2.75, 3.05) is 0 Å². The molecule has 1 amide bonds. The summed E-state index contributed by atoms with van der Waals surface area (Å²) in [6.45, 7) is 7.94. The molecule has 0 aliphatic rings. The van der Waals surface area contributed by atoms with Crippen LogP contribution in [0.2, 0.25) is 0 Å². The van der Waals surface area contributed by atoms with Gasteiger partial charge in [0.2, 0.25) is 0 Å². The third-order valence-electron chi connectivity index (χ3n) is 2.45. The number of hydrogen-bond acceptors (Lipinski definition) is 2. The Morgan fingerprint density at radius 1 is 1.38 bits per heavy atom. The van der Waals surface area contributed by atoms with E-state index in [1.807, 2.05) is 45.9 Å². The Bertz CT molecular complexity index is 408. The van der Waals surface area contributed by atoms with Crippen LogP contribution in [0.1, 0.15) is 36.7 Å². The molecule has 0 atom stereocenters. The van der Waals surface area contributed by atoms with E-state index >= 15 is 0 Å². The van der Waals surface area contributed by atoms with Gasteiger partial charge in [0.15, 0.2) is 0 Å². The molecule has 1 aromatic carbocycles. The first-order chi connectivity index (χ1) is 7.50. The topological polar surface area (TPSA) is 41.5 Å². The van der Waals surface area contributed by atoms with Crippen LogP contribution in [0.5, 0.6) is 0 Å². The lowest BCUT2D eigenvalue weighted by atomic mass is 10.1. The summed E-state index contributed by atoms with van der Waals surface area (Å²) in [6, 6.07) is 7.45. The van der Waals surface area contributed by atoms with Gasteiger partial charge in [0.25, 0.3) is 5.91 Å². The van der Waals surface area contributed by atoms with Gasteiger partial charge in [-0.2, -0.15) is 5.10 Å². The van der Waals surface area contributed by atoms with Crippen molar-refractivity contribution in [3.05, 3.63) is 35.4 Å². The van der Waals surface area contributed by atoms with Crippen LogP contribution in [-0.2, 0) is 0 Å². The number of nitrogens with one attached hydrogen (secondary N) is 1. The first-order valence-corrected chi connectivity index (χ1v) is 5.42. The van der Waals surface area contributed by atoms with E-state index in [2.05, 4.69) is 10.5 Å². The number of carbonyl (C=O) groups excluding carboxylic acids is 1. The lowest BCUT2D eigenvalue weighted by Gasteiger charge is -2.05. The van der Waals surface area contributed by atoms with E-state index in [-0.39, 0.29) is 5.91 Å². The molecular formula is C13H18N2O. The Kier molecular flexibility index (Phi) is 4.23. The zero-order valence-electron chi connectivity index (χ0n) is 10.2. The van der Waals surface area contributed by atoms with Crippen molar-refractivity contribution in [2.24, 2.45) is 11.0 Å². The molecule has 3 heteroatoms. The van der Waals surface area contributed by atoms with E-state index < -0.39 is 0 Å². The van der Waals surface area contributed by atoms with Crippen molar-refractivity contribution in [3.8, 4) is 0 Å². The monoisotopic (exact) mass is 218 g/mol. The maximum atomic E-state index is 11.7. The molecule has 0 aliphatic heterocycles. The molecule has 0 radical (unpaired) electrons. The van der Waals surface area contributed by atoms with E-state index in [0.717, 1.165) is 11.3 Å². The Balaban J connectivity index is 2.70. The first-order valence-electron chi connectivity index (χ1n) is 5.42. The van der Waals surface area contributed by atoms with Crippen LogP contribution in [0.4, 0.5) is 0 Å². The SMILES string of the molecule is CC(=NNC(=O)c1cccc(C)c1)C(C)C. The molecule has 0 unspecified atom stereocenters. The van der Waals surface area contributed by atoms with Gasteiger partial charge in [0.05, 0.1) is 0 Å². The zero-order valence-corrected chi connectivity index (χ0v) is 10.2. The van der Waals surface area contributed by atoms with Gasteiger partial charge in [-0.25, -0.2) is 5.43 Å². The standard InChI is InChI=1S/C13H18N2O/c1-9(2)11(4)14-15-13(16)12-7-5-6-10(3)8-12/h5-9H,1-4H3,(H,15,16). The lowest BCUT2D eigenvalue weighted by Crippen LogP contribution is -2.20. The number of aryl methyl sites for hydroxylation is 1. The Labute approximate surface area is 96.6 Å².